The highest BCUT2D eigenvalue weighted by molar-refractivity contribution is 5.95. The number of pyridine rings is 1. The SMILES string of the molecule is Nc1cc(C(=O)NC2C3C4CCC(C4)C23)ccn1. The van der Waals surface area contributed by atoms with Crippen LogP contribution in [0.1, 0.15) is 29.6 Å². The third-order valence-electron chi connectivity index (χ3n) is 5.08. The number of nitrogens with two attached hydrogens (primary N) is 1. The van der Waals surface area contributed by atoms with Gasteiger partial charge in [-0.3, -0.25) is 4.79 Å². The van der Waals surface area contributed by atoms with E-state index in [-0.39, 0.29) is 5.91 Å². The van der Waals surface area contributed by atoms with Crippen molar-refractivity contribution in [3.8, 4) is 0 Å². The lowest BCUT2D eigenvalue weighted by Crippen LogP contribution is -2.30. The number of aromatic nitrogens is 1. The lowest BCUT2D eigenvalue weighted by Gasteiger charge is -2.10. The largest absolute Gasteiger partial charge is 0.384 e. The predicted octanol–water partition coefficient (Wildman–Crippen LogP) is 1.44. The van der Waals surface area contributed by atoms with Crippen molar-refractivity contribution < 1.29 is 4.79 Å². The summed E-state index contributed by atoms with van der Waals surface area (Å²) in [6.07, 6.45) is 5.74. The van der Waals surface area contributed by atoms with Crippen molar-refractivity contribution in [1.29, 1.82) is 0 Å². The molecule has 4 atom stereocenters. The number of hydrogen-bond acceptors (Lipinski definition) is 3. The topological polar surface area (TPSA) is 68.0 Å². The van der Waals surface area contributed by atoms with Crippen molar-refractivity contribution >= 4 is 11.7 Å². The van der Waals surface area contributed by atoms with E-state index < -0.39 is 0 Å². The molecule has 3 saturated carbocycles. The van der Waals surface area contributed by atoms with E-state index in [1.807, 2.05) is 0 Å². The summed E-state index contributed by atoms with van der Waals surface area (Å²) in [4.78, 5) is 16.0. The first-order valence-electron chi connectivity index (χ1n) is 6.76. The van der Waals surface area contributed by atoms with Crippen LogP contribution in [0.25, 0.3) is 0 Å². The molecular weight excluding hydrogens is 226 g/mol. The molecule has 3 aliphatic carbocycles. The van der Waals surface area contributed by atoms with E-state index in [1.54, 1.807) is 18.3 Å². The van der Waals surface area contributed by atoms with Gasteiger partial charge in [0, 0.05) is 17.8 Å². The van der Waals surface area contributed by atoms with Gasteiger partial charge in [-0.1, -0.05) is 0 Å². The van der Waals surface area contributed by atoms with Crippen LogP contribution in [0.4, 0.5) is 5.82 Å². The minimum Gasteiger partial charge on any atom is -0.384 e. The van der Waals surface area contributed by atoms with Crippen LogP contribution in [0.5, 0.6) is 0 Å². The van der Waals surface area contributed by atoms with Gasteiger partial charge in [-0.05, 0) is 55.1 Å². The second-order valence-electron chi connectivity index (χ2n) is 5.96. The van der Waals surface area contributed by atoms with E-state index in [0.29, 0.717) is 17.4 Å². The third kappa shape index (κ3) is 1.38. The summed E-state index contributed by atoms with van der Waals surface area (Å²) in [5, 5.41) is 3.18. The molecule has 18 heavy (non-hydrogen) atoms. The minimum absolute atomic E-state index is 0.00269. The molecule has 0 spiro atoms. The zero-order valence-corrected chi connectivity index (χ0v) is 10.2. The average molecular weight is 243 g/mol. The van der Waals surface area contributed by atoms with Gasteiger partial charge in [-0.25, -0.2) is 4.98 Å². The zero-order valence-electron chi connectivity index (χ0n) is 10.2. The summed E-state index contributed by atoms with van der Waals surface area (Å²) in [5.74, 6) is 3.71. The number of nitrogen functional groups attached to an aromatic ring is 1. The van der Waals surface area contributed by atoms with E-state index in [9.17, 15) is 4.79 Å². The van der Waals surface area contributed by atoms with E-state index in [2.05, 4.69) is 10.3 Å². The van der Waals surface area contributed by atoms with Gasteiger partial charge in [0.2, 0.25) is 0 Å². The first-order chi connectivity index (χ1) is 8.74. The van der Waals surface area contributed by atoms with Crippen LogP contribution in [0.3, 0.4) is 0 Å². The van der Waals surface area contributed by atoms with Gasteiger partial charge in [0.05, 0.1) is 0 Å². The van der Waals surface area contributed by atoms with Gasteiger partial charge in [-0.2, -0.15) is 0 Å². The molecule has 1 aromatic rings. The summed E-state index contributed by atoms with van der Waals surface area (Å²) in [6, 6.07) is 3.79. The molecule has 94 valence electrons. The maximum Gasteiger partial charge on any atom is 0.251 e. The fourth-order valence-electron chi connectivity index (χ4n) is 4.34. The van der Waals surface area contributed by atoms with Gasteiger partial charge in [0.15, 0.2) is 0 Å². The molecule has 0 aromatic carbocycles. The minimum atomic E-state index is 0.00269. The van der Waals surface area contributed by atoms with Crippen LogP contribution in [0, 0.1) is 23.7 Å². The number of hydrogen-bond donors (Lipinski definition) is 2. The van der Waals surface area contributed by atoms with Crippen LogP contribution in [-0.2, 0) is 0 Å². The number of nitrogens with one attached hydrogen (secondary N) is 1. The highest BCUT2D eigenvalue weighted by Crippen LogP contribution is 2.65. The lowest BCUT2D eigenvalue weighted by atomic mass is 10.0. The predicted molar refractivity (Wildman–Crippen MR) is 67.7 cm³/mol. The summed E-state index contributed by atoms with van der Waals surface area (Å²) in [5.41, 5.74) is 6.22. The van der Waals surface area contributed by atoms with E-state index in [0.717, 1.165) is 23.7 Å². The van der Waals surface area contributed by atoms with Gasteiger partial charge in [0.1, 0.15) is 5.82 Å². The normalized spacial score (nSPS) is 39.4. The molecule has 0 saturated heterocycles. The Kier molecular flexibility index (Phi) is 1.99. The summed E-state index contributed by atoms with van der Waals surface area (Å²) < 4.78 is 0. The Morgan fingerprint density at radius 3 is 2.72 bits per heavy atom. The molecule has 4 rings (SSSR count). The molecule has 1 heterocycles. The van der Waals surface area contributed by atoms with Crippen molar-refractivity contribution in [2.24, 2.45) is 23.7 Å². The first kappa shape index (κ1) is 10.4. The van der Waals surface area contributed by atoms with Crippen LogP contribution < -0.4 is 11.1 Å². The number of carbonyl (C=O) groups is 1. The maximum atomic E-state index is 12.1. The molecule has 1 aromatic heterocycles. The Morgan fingerprint density at radius 2 is 2.06 bits per heavy atom. The highest BCUT2D eigenvalue weighted by atomic mass is 16.1. The van der Waals surface area contributed by atoms with Crippen LogP contribution >= 0.6 is 0 Å². The van der Waals surface area contributed by atoms with Gasteiger partial charge >= 0.3 is 0 Å². The highest BCUT2D eigenvalue weighted by Gasteiger charge is 2.65. The number of fused-ring (bicyclic) bond motifs is 5. The van der Waals surface area contributed by atoms with Crippen LogP contribution in [-0.4, -0.2) is 16.9 Å². The van der Waals surface area contributed by atoms with E-state index >= 15 is 0 Å². The number of nitrogens with zero attached hydrogens (tertiary/aromatic N) is 1. The Labute approximate surface area is 106 Å². The number of rotatable bonds is 2. The second-order valence-corrected chi connectivity index (χ2v) is 5.96. The number of amides is 1. The summed E-state index contributed by atoms with van der Waals surface area (Å²) >= 11 is 0. The van der Waals surface area contributed by atoms with Crippen molar-refractivity contribution in [3.05, 3.63) is 23.9 Å². The Hall–Kier alpha value is -1.58. The number of carbonyl (C=O) groups excluding carboxylic acids is 1. The molecule has 4 unspecified atom stereocenters. The van der Waals surface area contributed by atoms with Crippen molar-refractivity contribution in [2.75, 3.05) is 5.73 Å². The fourth-order valence-corrected chi connectivity index (χ4v) is 4.34. The summed E-state index contributed by atoms with van der Waals surface area (Å²) in [7, 11) is 0. The Balaban J connectivity index is 1.46. The second kappa shape index (κ2) is 3.46. The first-order valence-corrected chi connectivity index (χ1v) is 6.76. The van der Waals surface area contributed by atoms with Crippen molar-refractivity contribution in [2.45, 2.75) is 25.3 Å². The van der Waals surface area contributed by atoms with Crippen molar-refractivity contribution in [3.63, 3.8) is 0 Å². The van der Waals surface area contributed by atoms with Crippen LogP contribution in [0.15, 0.2) is 18.3 Å². The van der Waals surface area contributed by atoms with Crippen LogP contribution in [0.2, 0.25) is 0 Å². The molecule has 3 N–H and O–H groups in total. The van der Waals surface area contributed by atoms with Crippen molar-refractivity contribution in [1.82, 2.24) is 10.3 Å². The maximum absolute atomic E-state index is 12.1. The standard InChI is InChI=1S/C14H17N3O/c15-10-6-9(3-4-16-10)14(18)17-13-11-7-1-2-8(5-7)12(11)13/h3-4,6-8,11-13H,1-2,5H2,(H2,15,16)(H,17,18). The molecular formula is C14H17N3O. The average Bonchev–Trinajstić information content (AvgIpc) is 2.77. The molecule has 3 aliphatic rings. The zero-order chi connectivity index (χ0) is 12.3. The van der Waals surface area contributed by atoms with Gasteiger partial charge < -0.3 is 11.1 Å². The lowest BCUT2D eigenvalue weighted by molar-refractivity contribution is 0.0944. The van der Waals surface area contributed by atoms with E-state index in [1.165, 1.54) is 19.3 Å². The smallest absolute Gasteiger partial charge is 0.251 e. The molecule has 0 aliphatic heterocycles. The third-order valence-corrected chi connectivity index (χ3v) is 5.08. The molecule has 2 bridgehead atoms. The number of anilines is 1. The molecule has 3 fully saturated rings. The Morgan fingerprint density at radius 1 is 1.33 bits per heavy atom. The molecule has 0 radical (unpaired) electrons. The monoisotopic (exact) mass is 243 g/mol. The Bertz CT molecular complexity index is 500. The van der Waals surface area contributed by atoms with Gasteiger partial charge in [0.25, 0.3) is 5.91 Å². The summed E-state index contributed by atoms with van der Waals surface area (Å²) in [6.45, 7) is 0. The quantitative estimate of drug-likeness (QED) is 0.825. The van der Waals surface area contributed by atoms with E-state index in [4.69, 9.17) is 5.73 Å². The molecule has 4 heteroatoms. The molecule has 4 nitrogen and oxygen atoms in total. The van der Waals surface area contributed by atoms with Gasteiger partial charge in [-0.15, -0.1) is 0 Å². The molecule has 1 amide bonds. The fraction of sp³-hybridized carbons (Fsp3) is 0.571.